The molecule has 0 aliphatic carbocycles. The maximum Gasteiger partial charge on any atom is 0.317 e. The molecule has 1 aromatic rings. The predicted octanol–water partition coefficient (Wildman–Crippen LogP) is 1.57. The minimum absolute atomic E-state index is 0.0404. The van der Waals surface area contributed by atoms with E-state index in [9.17, 15) is 9.59 Å². The van der Waals surface area contributed by atoms with Gasteiger partial charge in [0.15, 0.2) is 5.17 Å². The maximum atomic E-state index is 12.4. The highest BCUT2D eigenvalue weighted by atomic mass is 32.2. The van der Waals surface area contributed by atoms with Crippen LogP contribution in [-0.4, -0.2) is 40.5 Å². The van der Waals surface area contributed by atoms with Gasteiger partial charge in [0.25, 0.3) is 0 Å². The Morgan fingerprint density at radius 1 is 1.50 bits per heavy atom. The van der Waals surface area contributed by atoms with Crippen LogP contribution in [0.1, 0.15) is 18.5 Å². The number of carbonyl (C=O) groups is 2. The highest BCUT2D eigenvalue weighted by molar-refractivity contribution is 8.15. The molecule has 3 atom stereocenters. The first-order valence-electron chi connectivity index (χ1n) is 6.95. The molecule has 3 aliphatic heterocycles. The average molecular weight is 318 g/mol. The van der Waals surface area contributed by atoms with E-state index in [1.54, 1.807) is 11.8 Å². The average Bonchev–Trinajstić information content (AvgIpc) is 2.85. The van der Waals surface area contributed by atoms with E-state index in [0.717, 1.165) is 5.56 Å². The highest BCUT2D eigenvalue weighted by Crippen LogP contribution is 2.52. The van der Waals surface area contributed by atoms with Crippen molar-refractivity contribution in [1.82, 2.24) is 4.90 Å². The molecule has 4 rings (SSSR count). The lowest BCUT2D eigenvalue weighted by Gasteiger charge is -2.48. The number of thioether (sulfide) groups is 1. The Labute approximate surface area is 131 Å². The molecule has 0 spiro atoms. The van der Waals surface area contributed by atoms with Gasteiger partial charge in [0.1, 0.15) is 11.7 Å². The molecule has 114 valence electrons. The highest BCUT2D eigenvalue weighted by Gasteiger charge is 2.59. The van der Waals surface area contributed by atoms with E-state index in [2.05, 4.69) is 4.99 Å². The number of esters is 1. The van der Waals surface area contributed by atoms with Gasteiger partial charge in [-0.05, 0) is 13.0 Å². The fourth-order valence-electron chi connectivity index (χ4n) is 3.35. The van der Waals surface area contributed by atoms with E-state index in [0.29, 0.717) is 16.7 Å². The number of methoxy groups -OCH3 is 1. The van der Waals surface area contributed by atoms with Gasteiger partial charge in [0.2, 0.25) is 11.6 Å². The number of benzene rings is 1. The van der Waals surface area contributed by atoms with Gasteiger partial charge in [-0.3, -0.25) is 14.5 Å². The number of amides is 1. The number of hydrogen-bond acceptors (Lipinski definition) is 6. The van der Waals surface area contributed by atoms with Gasteiger partial charge in [-0.25, -0.2) is 4.99 Å². The zero-order chi connectivity index (χ0) is 15.5. The molecule has 0 saturated carbocycles. The van der Waals surface area contributed by atoms with Crippen LogP contribution in [0.5, 0.6) is 5.75 Å². The zero-order valence-corrected chi connectivity index (χ0v) is 12.9. The Morgan fingerprint density at radius 3 is 3.05 bits per heavy atom. The first kappa shape index (κ1) is 13.6. The van der Waals surface area contributed by atoms with Gasteiger partial charge in [-0.2, -0.15) is 0 Å². The van der Waals surface area contributed by atoms with Crippen molar-refractivity contribution in [1.29, 1.82) is 0 Å². The lowest BCUT2D eigenvalue weighted by atomic mass is 9.80. The van der Waals surface area contributed by atoms with Crippen LogP contribution >= 0.6 is 11.8 Å². The predicted molar refractivity (Wildman–Crippen MR) is 80.5 cm³/mol. The van der Waals surface area contributed by atoms with Crippen molar-refractivity contribution in [3.05, 3.63) is 29.8 Å². The van der Waals surface area contributed by atoms with Crippen molar-refractivity contribution < 1.29 is 19.1 Å². The summed E-state index contributed by atoms with van der Waals surface area (Å²) < 4.78 is 11.0. The zero-order valence-electron chi connectivity index (χ0n) is 12.1. The van der Waals surface area contributed by atoms with Crippen molar-refractivity contribution in [2.75, 3.05) is 12.9 Å². The summed E-state index contributed by atoms with van der Waals surface area (Å²) in [5, 5.41) is 0.618. The van der Waals surface area contributed by atoms with E-state index < -0.39 is 23.7 Å². The molecule has 0 radical (unpaired) electrons. The molecular weight excluding hydrogens is 304 g/mol. The Bertz CT molecular complexity index is 719. The van der Waals surface area contributed by atoms with E-state index in [-0.39, 0.29) is 5.91 Å². The Hall–Kier alpha value is -2.02. The van der Waals surface area contributed by atoms with Gasteiger partial charge in [0.05, 0.1) is 18.9 Å². The van der Waals surface area contributed by atoms with Crippen LogP contribution in [0, 0.1) is 5.92 Å². The van der Waals surface area contributed by atoms with Crippen LogP contribution in [0.25, 0.3) is 0 Å². The van der Waals surface area contributed by atoms with Crippen molar-refractivity contribution in [2.45, 2.75) is 18.7 Å². The SMILES string of the molecule is COC(=O)[C@@H]1[C@@H]2c3ccccc3O[C@]1(C)N=C1SCC(=O)N12. The van der Waals surface area contributed by atoms with Gasteiger partial charge in [0, 0.05) is 5.56 Å². The molecule has 0 unspecified atom stereocenters. The Kier molecular flexibility index (Phi) is 2.78. The number of fused-ring (bicyclic) bond motifs is 6. The molecule has 6 nitrogen and oxygen atoms in total. The number of para-hydroxylation sites is 1. The Balaban J connectivity index is 1.97. The maximum absolute atomic E-state index is 12.4. The van der Waals surface area contributed by atoms with Crippen LogP contribution in [-0.2, 0) is 14.3 Å². The van der Waals surface area contributed by atoms with Crippen LogP contribution in [0.2, 0.25) is 0 Å². The van der Waals surface area contributed by atoms with Crippen molar-refractivity contribution in [3.8, 4) is 5.75 Å². The summed E-state index contributed by atoms with van der Waals surface area (Å²) in [5.41, 5.74) is -0.242. The van der Waals surface area contributed by atoms with Gasteiger partial charge in [-0.15, -0.1) is 0 Å². The van der Waals surface area contributed by atoms with Crippen molar-refractivity contribution >= 4 is 28.8 Å². The monoisotopic (exact) mass is 318 g/mol. The summed E-state index contributed by atoms with van der Waals surface area (Å²) in [6.45, 7) is 1.77. The second-order valence-electron chi connectivity index (χ2n) is 5.59. The van der Waals surface area contributed by atoms with Crippen molar-refractivity contribution in [2.24, 2.45) is 10.9 Å². The first-order chi connectivity index (χ1) is 10.5. The van der Waals surface area contributed by atoms with E-state index in [1.807, 2.05) is 24.3 Å². The summed E-state index contributed by atoms with van der Waals surface area (Å²) >= 11 is 1.38. The van der Waals surface area contributed by atoms with Crippen molar-refractivity contribution in [3.63, 3.8) is 0 Å². The number of carbonyl (C=O) groups excluding carboxylic acids is 2. The molecule has 7 heteroatoms. The smallest absolute Gasteiger partial charge is 0.317 e. The summed E-state index contributed by atoms with van der Waals surface area (Å²) in [5.74, 6) is -0.154. The second-order valence-corrected chi connectivity index (χ2v) is 6.53. The lowest BCUT2D eigenvalue weighted by Crippen LogP contribution is -2.59. The Morgan fingerprint density at radius 2 is 2.27 bits per heavy atom. The topological polar surface area (TPSA) is 68.2 Å². The van der Waals surface area contributed by atoms with Crippen LogP contribution in [0.3, 0.4) is 0 Å². The van der Waals surface area contributed by atoms with Gasteiger partial charge in [-0.1, -0.05) is 30.0 Å². The third-order valence-electron chi connectivity index (χ3n) is 4.30. The standard InChI is InChI=1S/C15H14N2O4S/c1-15-11(13(19)20-2)12(8-5-3-4-6-9(8)21-15)17-10(18)7-22-14(17)16-15/h3-6,11-12H,7H2,1-2H3/t11-,12-,15-/m0/s1. The van der Waals surface area contributed by atoms with Crippen LogP contribution in [0.4, 0.5) is 0 Å². The number of amidine groups is 1. The summed E-state index contributed by atoms with van der Waals surface area (Å²) in [6.07, 6.45) is 0. The number of ether oxygens (including phenoxy) is 2. The number of rotatable bonds is 1. The quantitative estimate of drug-likeness (QED) is 0.735. The molecule has 22 heavy (non-hydrogen) atoms. The third kappa shape index (κ3) is 1.65. The molecule has 3 aliphatic rings. The van der Waals surface area contributed by atoms with Crippen LogP contribution < -0.4 is 4.74 Å². The molecule has 3 heterocycles. The summed E-state index contributed by atoms with van der Waals surface area (Å²) in [7, 11) is 1.34. The normalized spacial score (nSPS) is 31.8. The molecular formula is C15H14N2O4S. The minimum Gasteiger partial charge on any atom is -0.469 e. The van der Waals surface area contributed by atoms with Gasteiger partial charge < -0.3 is 9.47 Å². The molecule has 1 amide bonds. The minimum atomic E-state index is -1.06. The van der Waals surface area contributed by atoms with E-state index >= 15 is 0 Å². The molecule has 2 bridgehead atoms. The number of hydrogen-bond donors (Lipinski definition) is 0. The molecule has 1 saturated heterocycles. The number of aliphatic imine (C=N–C) groups is 1. The summed E-state index contributed by atoms with van der Waals surface area (Å²) in [6, 6.07) is 7.02. The number of nitrogens with zero attached hydrogens (tertiary/aromatic N) is 2. The first-order valence-corrected chi connectivity index (χ1v) is 7.94. The summed E-state index contributed by atoms with van der Waals surface area (Å²) in [4.78, 5) is 30.9. The fraction of sp³-hybridized carbons (Fsp3) is 0.400. The molecule has 1 fully saturated rings. The van der Waals surface area contributed by atoms with Gasteiger partial charge >= 0.3 is 5.97 Å². The third-order valence-corrected chi connectivity index (χ3v) is 5.23. The van der Waals surface area contributed by atoms with E-state index in [1.165, 1.54) is 18.9 Å². The van der Waals surface area contributed by atoms with Crippen LogP contribution in [0.15, 0.2) is 29.3 Å². The fourth-order valence-corrected chi connectivity index (χ4v) is 4.35. The molecule has 0 aromatic heterocycles. The molecule has 0 N–H and O–H groups in total. The largest absolute Gasteiger partial charge is 0.469 e. The van der Waals surface area contributed by atoms with E-state index in [4.69, 9.17) is 9.47 Å². The second kappa shape index (κ2) is 4.49. The molecule has 1 aromatic carbocycles. The lowest BCUT2D eigenvalue weighted by molar-refractivity contribution is -0.161.